The van der Waals surface area contributed by atoms with Crippen LogP contribution in [0, 0.1) is 0 Å². The van der Waals surface area contributed by atoms with Crippen LogP contribution in [-0.4, -0.2) is 16.8 Å². The van der Waals surface area contributed by atoms with E-state index >= 15 is 0 Å². The number of aliphatic hydroxyl groups is 2. The predicted molar refractivity (Wildman–Crippen MR) is 70.4 cm³/mol. The highest BCUT2D eigenvalue weighted by Crippen LogP contribution is 2.32. The van der Waals surface area contributed by atoms with E-state index in [0.717, 1.165) is 33.1 Å². The quantitative estimate of drug-likeness (QED) is 0.742. The van der Waals surface area contributed by atoms with Crippen LogP contribution in [-0.2, 0) is 13.0 Å². The zero-order chi connectivity index (χ0) is 12.5. The summed E-state index contributed by atoms with van der Waals surface area (Å²) in [5, 5.41) is 20.5. The fourth-order valence-electron chi connectivity index (χ4n) is 2.38. The van der Waals surface area contributed by atoms with Crippen LogP contribution in [0.25, 0.3) is 21.9 Å². The van der Waals surface area contributed by atoms with Gasteiger partial charge in [0, 0.05) is 22.9 Å². The van der Waals surface area contributed by atoms with Gasteiger partial charge in [-0.1, -0.05) is 36.4 Å². The Morgan fingerprint density at radius 1 is 0.833 bits per heavy atom. The van der Waals surface area contributed by atoms with Crippen LogP contribution in [0.15, 0.2) is 40.8 Å². The topological polar surface area (TPSA) is 53.6 Å². The van der Waals surface area contributed by atoms with Crippen LogP contribution in [0.1, 0.15) is 11.1 Å². The summed E-state index contributed by atoms with van der Waals surface area (Å²) in [6.45, 7) is 0.0650. The number of rotatable bonds is 3. The van der Waals surface area contributed by atoms with E-state index in [9.17, 15) is 5.11 Å². The molecule has 3 rings (SSSR count). The summed E-state index contributed by atoms with van der Waals surface area (Å²) in [6, 6.07) is 11.7. The van der Waals surface area contributed by atoms with E-state index in [2.05, 4.69) is 0 Å². The van der Waals surface area contributed by atoms with Crippen molar-refractivity contribution in [1.29, 1.82) is 0 Å². The predicted octanol–water partition coefficient (Wildman–Crippen LogP) is 2.61. The molecule has 3 aromatic rings. The standard InChI is InChI=1S/C15H14O3/c16-8-7-10-3-1-5-12-13-6-2-4-11(9-17)15(13)18-14(10)12/h1-6,16-17H,7-9H2. The molecule has 1 heterocycles. The Kier molecular flexibility index (Phi) is 2.78. The molecule has 0 aliphatic rings. The van der Waals surface area contributed by atoms with E-state index in [0.29, 0.717) is 6.42 Å². The second kappa shape index (κ2) is 4.44. The molecule has 0 spiro atoms. The molecule has 0 atom stereocenters. The zero-order valence-electron chi connectivity index (χ0n) is 9.89. The summed E-state index contributed by atoms with van der Waals surface area (Å²) in [7, 11) is 0. The van der Waals surface area contributed by atoms with Crippen molar-refractivity contribution in [2.24, 2.45) is 0 Å². The zero-order valence-corrected chi connectivity index (χ0v) is 9.89. The van der Waals surface area contributed by atoms with Crippen molar-refractivity contribution in [2.75, 3.05) is 6.61 Å². The average molecular weight is 242 g/mol. The molecule has 2 aromatic carbocycles. The van der Waals surface area contributed by atoms with Gasteiger partial charge in [0.05, 0.1) is 6.61 Å². The minimum Gasteiger partial charge on any atom is -0.455 e. The van der Waals surface area contributed by atoms with Gasteiger partial charge in [-0.3, -0.25) is 0 Å². The summed E-state index contributed by atoms with van der Waals surface area (Å²) in [5.41, 5.74) is 3.33. The van der Waals surface area contributed by atoms with E-state index in [1.807, 2.05) is 36.4 Å². The molecular weight excluding hydrogens is 228 g/mol. The van der Waals surface area contributed by atoms with Gasteiger partial charge in [-0.15, -0.1) is 0 Å². The van der Waals surface area contributed by atoms with Crippen LogP contribution in [0.5, 0.6) is 0 Å². The number of furan rings is 1. The van der Waals surface area contributed by atoms with Gasteiger partial charge in [0.15, 0.2) is 0 Å². The molecule has 0 bridgehead atoms. The van der Waals surface area contributed by atoms with Gasteiger partial charge in [0.1, 0.15) is 11.2 Å². The van der Waals surface area contributed by atoms with E-state index < -0.39 is 0 Å². The molecule has 0 saturated carbocycles. The number of hydrogen-bond donors (Lipinski definition) is 2. The fraction of sp³-hybridized carbons (Fsp3) is 0.200. The molecule has 18 heavy (non-hydrogen) atoms. The lowest BCUT2D eigenvalue weighted by Gasteiger charge is -1.98. The summed E-state index contributed by atoms with van der Waals surface area (Å²) < 4.78 is 5.89. The largest absolute Gasteiger partial charge is 0.455 e. The summed E-state index contributed by atoms with van der Waals surface area (Å²) in [6.07, 6.45) is 0.575. The van der Waals surface area contributed by atoms with Crippen LogP contribution >= 0.6 is 0 Å². The van der Waals surface area contributed by atoms with E-state index in [1.165, 1.54) is 0 Å². The third-order valence-corrected chi connectivity index (χ3v) is 3.24. The molecule has 3 heteroatoms. The first-order chi connectivity index (χ1) is 8.85. The summed E-state index contributed by atoms with van der Waals surface area (Å²) >= 11 is 0. The first kappa shape index (κ1) is 11.3. The average Bonchev–Trinajstić information content (AvgIpc) is 2.79. The Balaban J connectivity index is 2.38. The number of para-hydroxylation sites is 2. The van der Waals surface area contributed by atoms with Crippen LogP contribution in [0.2, 0.25) is 0 Å². The third-order valence-electron chi connectivity index (χ3n) is 3.24. The molecule has 0 amide bonds. The lowest BCUT2D eigenvalue weighted by molar-refractivity contribution is 0.282. The van der Waals surface area contributed by atoms with Crippen molar-refractivity contribution in [3.63, 3.8) is 0 Å². The fourth-order valence-corrected chi connectivity index (χ4v) is 2.38. The maximum Gasteiger partial charge on any atom is 0.140 e. The molecule has 0 aliphatic heterocycles. The number of benzene rings is 2. The maximum absolute atomic E-state index is 9.33. The Morgan fingerprint density at radius 3 is 2.06 bits per heavy atom. The van der Waals surface area contributed by atoms with Crippen LogP contribution in [0.4, 0.5) is 0 Å². The Bertz CT molecular complexity index is 697. The minimum absolute atomic E-state index is 0.0352. The molecule has 0 fully saturated rings. The van der Waals surface area contributed by atoms with Crippen LogP contribution < -0.4 is 0 Å². The van der Waals surface area contributed by atoms with Crippen molar-refractivity contribution in [2.45, 2.75) is 13.0 Å². The maximum atomic E-state index is 9.33. The lowest BCUT2D eigenvalue weighted by atomic mass is 10.1. The monoisotopic (exact) mass is 242 g/mol. The van der Waals surface area contributed by atoms with Gasteiger partial charge in [-0.25, -0.2) is 0 Å². The molecule has 0 radical (unpaired) electrons. The minimum atomic E-state index is -0.0352. The van der Waals surface area contributed by atoms with Gasteiger partial charge in [-0.05, 0) is 12.0 Å². The molecule has 3 nitrogen and oxygen atoms in total. The molecule has 1 aromatic heterocycles. The molecule has 0 saturated heterocycles. The van der Waals surface area contributed by atoms with Crippen molar-refractivity contribution in [1.82, 2.24) is 0 Å². The van der Waals surface area contributed by atoms with E-state index in [1.54, 1.807) is 0 Å². The van der Waals surface area contributed by atoms with Gasteiger partial charge in [0.2, 0.25) is 0 Å². The normalized spacial score (nSPS) is 11.4. The van der Waals surface area contributed by atoms with Gasteiger partial charge in [0.25, 0.3) is 0 Å². The van der Waals surface area contributed by atoms with Crippen LogP contribution in [0.3, 0.4) is 0 Å². The summed E-state index contributed by atoms with van der Waals surface area (Å²) in [4.78, 5) is 0. The number of aliphatic hydroxyl groups excluding tert-OH is 2. The van der Waals surface area contributed by atoms with Crippen molar-refractivity contribution in [3.05, 3.63) is 47.5 Å². The van der Waals surface area contributed by atoms with E-state index in [4.69, 9.17) is 9.52 Å². The summed E-state index contributed by atoms with van der Waals surface area (Å²) in [5.74, 6) is 0. The van der Waals surface area contributed by atoms with Crippen molar-refractivity contribution < 1.29 is 14.6 Å². The SMILES string of the molecule is OCCc1cccc2c1oc1c(CO)cccc12. The second-order valence-corrected chi connectivity index (χ2v) is 4.32. The first-order valence-electron chi connectivity index (χ1n) is 5.99. The number of hydrogen-bond acceptors (Lipinski definition) is 3. The highest BCUT2D eigenvalue weighted by atomic mass is 16.3. The molecule has 0 unspecified atom stereocenters. The number of fused-ring (bicyclic) bond motifs is 3. The first-order valence-corrected chi connectivity index (χ1v) is 5.99. The highest BCUT2D eigenvalue weighted by molar-refractivity contribution is 6.06. The van der Waals surface area contributed by atoms with Crippen molar-refractivity contribution in [3.8, 4) is 0 Å². The van der Waals surface area contributed by atoms with Crippen molar-refractivity contribution >= 4 is 21.9 Å². The van der Waals surface area contributed by atoms with Gasteiger partial charge >= 0.3 is 0 Å². The van der Waals surface area contributed by atoms with E-state index in [-0.39, 0.29) is 13.2 Å². The smallest absolute Gasteiger partial charge is 0.140 e. The molecule has 2 N–H and O–H groups in total. The molecule has 0 aliphatic carbocycles. The molecular formula is C15H14O3. The Labute approximate surface area is 104 Å². The Morgan fingerprint density at radius 2 is 1.44 bits per heavy atom. The Hall–Kier alpha value is -1.84. The van der Waals surface area contributed by atoms with Gasteiger partial charge < -0.3 is 14.6 Å². The second-order valence-electron chi connectivity index (χ2n) is 4.32. The highest BCUT2D eigenvalue weighted by Gasteiger charge is 2.12. The molecule has 92 valence electrons. The lowest BCUT2D eigenvalue weighted by Crippen LogP contribution is -1.90. The van der Waals surface area contributed by atoms with Gasteiger partial charge in [-0.2, -0.15) is 0 Å². The third kappa shape index (κ3) is 1.60.